The molecule has 0 radical (unpaired) electrons. The molecule has 2 aromatic heterocycles. The Kier molecular flexibility index (Phi) is 4.07. The molecule has 0 unspecified atom stereocenters. The normalized spacial score (nSPS) is 19.0. The van der Waals surface area contributed by atoms with Crippen LogP contribution in [0.3, 0.4) is 0 Å². The monoisotopic (exact) mass is 306 g/mol. The molecule has 1 fully saturated rings. The molecule has 5 nitrogen and oxygen atoms in total. The average Bonchev–Trinajstić information content (AvgIpc) is 3.19. The molecule has 0 amide bonds. The summed E-state index contributed by atoms with van der Waals surface area (Å²) in [5.41, 5.74) is 2.01. The number of nitrogens with zero attached hydrogens (tertiary/aromatic N) is 2. The number of esters is 1. The second kappa shape index (κ2) is 5.99. The molecule has 1 aliphatic rings. The molecule has 0 bridgehead atoms. The van der Waals surface area contributed by atoms with Crippen LogP contribution in [-0.2, 0) is 11.3 Å². The zero-order valence-electron chi connectivity index (χ0n) is 12.2. The highest BCUT2D eigenvalue weighted by molar-refractivity contribution is 7.12. The zero-order valence-corrected chi connectivity index (χ0v) is 13.0. The van der Waals surface area contributed by atoms with E-state index in [0.717, 1.165) is 42.9 Å². The maximum atomic E-state index is 11.8. The van der Waals surface area contributed by atoms with E-state index in [1.807, 2.05) is 24.4 Å². The lowest BCUT2D eigenvalue weighted by Gasteiger charge is -2.22. The van der Waals surface area contributed by atoms with Gasteiger partial charge in [0.1, 0.15) is 16.3 Å². The Morgan fingerprint density at radius 2 is 2.48 bits per heavy atom. The number of hydrogen-bond donors (Lipinski definition) is 0. The minimum absolute atomic E-state index is 0.256. The van der Waals surface area contributed by atoms with Gasteiger partial charge in [-0.3, -0.25) is 4.90 Å². The topological polar surface area (TPSA) is 55.6 Å². The summed E-state index contributed by atoms with van der Waals surface area (Å²) in [6.45, 7) is 3.65. The van der Waals surface area contributed by atoms with Gasteiger partial charge < -0.3 is 9.26 Å². The minimum Gasteiger partial charge on any atom is -0.465 e. The molecule has 1 atom stereocenters. The van der Waals surface area contributed by atoms with Crippen LogP contribution >= 0.6 is 11.3 Å². The van der Waals surface area contributed by atoms with Crippen LogP contribution in [-0.4, -0.2) is 29.7 Å². The Bertz CT molecular complexity index is 634. The minimum atomic E-state index is -0.256. The number of ether oxygens (including phenoxy) is 1. The van der Waals surface area contributed by atoms with Gasteiger partial charge in [0, 0.05) is 12.6 Å². The largest absolute Gasteiger partial charge is 0.465 e. The first-order valence-corrected chi connectivity index (χ1v) is 7.89. The van der Waals surface area contributed by atoms with Gasteiger partial charge in [0.15, 0.2) is 0 Å². The number of aryl methyl sites for hydroxylation is 1. The van der Waals surface area contributed by atoms with Gasteiger partial charge in [-0.25, -0.2) is 4.79 Å². The third-order valence-electron chi connectivity index (χ3n) is 3.84. The smallest absolute Gasteiger partial charge is 0.348 e. The highest BCUT2D eigenvalue weighted by Crippen LogP contribution is 2.33. The fourth-order valence-corrected chi connectivity index (χ4v) is 3.68. The Morgan fingerprint density at radius 3 is 3.19 bits per heavy atom. The Morgan fingerprint density at radius 1 is 1.62 bits per heavy atom. The second-order valence-corrected chi connectivity index (χ2v) is 6.17. The van der Waals surface area contributed by atoms with E-state index in [9.17, 15) is 4.79 Å². The van der Waals surface area contributed by atoms with E-state index >= 15 is 0 Å². The van der Waals surface area contributed by atoms with Gasteiger partial charge in [-0.1, -0.05) is 5.16 Å². The molecular weight excluding hydrogens is 288 g/mol. The van der Waals surface area contributed by atoms with Crippen molar-refractivity contribution in [1.82, 2.24) is 10.1 Å². The molecule has 112 valence electrons. The summed E-state index contributed by atoms with van der Waals surface area (Å²) >= 11 is 1.43. The number of carbonyl (C=O) groups excluding carboxylic acids is 1. The quantitative estimate of drug-likeness (QED) is 0.812. The Hall–Kier alpha value is -1.66. The van der Waals surface area contributed by atoms with Crippen molar-refractivity contribution in [2.75, 3.05) is 13.7 Å². The fraction of sp³-hybridized carbons (Fsp3) is 0.467. The molecule has 0 N–H and O–H groups in total. The summed E-state index contributed by atoms with van der Waals surface area (Å²) in [6.07, 6.45) is 2.21. The van der Waals surface area contributed by atoms with Crippen LogP contribution in [0.5, 0.6) is 0 Å². The predicted molar refractivity (Wildman–Crippen MR) is 79.3 cm³/mol. The zero-order chi connectivity index (χ0) is 14.8. The van der Waals surface area contributed by atoms with Crippen molar-refractivity contribution in [2.24, 2.45) is 0 Å². The van der Waals surface area contributed by atoms with Gasteiger partial charge in [0.05, 0.1) is 13.2 Å². The average molecular weight is 306 g/mol. The van der Waals surface area contributed by atoms with Gasteiger partial charge in [0.2, 0.25) is 0 Å². The number of hydrogen-bond acceptors (Lipinski definition) is 6. The van der Waals surface area contributed by atoms with E-state index in [-0.39, 0.29) is 12.0 Å². The lowest BCUT2D eigenvalue weighted by atomic mass is 10.1. The highest BCUT2D eigenvalue weighted by atomic mass is 32.1. The summed E-state index contributed by atoms with van der Waals surface area (Å²) in [6, 6.07) is 4.27. The van der Waals surface area contributed by atoms with Crippen molar-refractivity contribution < 1.29 is 14.1 Å². The molecule has 0 aromatic carbocycles. The van der Waals surface area contributed by atoms with Gasteiger partial charge in [0.25, 0.3) is 0 Å². The van der Waals surface area contributed by atoms with E-state index < -0.39 is 0 Å². The van der Waals surface area contributed by atoms with Crippen LogP contribution < -0.4 is 0 Å². The molecular formula is C15H18N2O3S. The van der Waals surface area contributed by atoms with Crippen LogP contribution in [0.4, 0.5) is 0 Å². The number of rotatable bonds is 4. The Labute approximate surface area is 127 Å². The van der Waals surface area contributed by atoms with E-state index in [1.165, 1.54) is 18.4 Å². The van der Waals surface area contributed by atoms with Crippen molar-refractivity contribution in [3.05, 3.63) is 39.4 Å². The lowest BCUT2D eigenvalue weighted by molar-refractivity contribution is 0.0604. The van der Waals surface area contributed by atoms with E-state index in [0.29, 0.717) is 4.88 Å². The summed E-state index contributed by atoms with van der Waals surface area (Å²) in [4.78, 5) is 14.8. The van der Waals surface area contributed by atoms with Crippen LogP contribution in [0, 0.1) is 6.92 Å². The highest BCUT2D eigenvalue weighted by Gasteiger charge is 2.29. The summed E-state index contributed by atoms with van der Waals surface area (Å²) in [5.74, 6) is 0.579. The van der Waals surface area contributed by atoms with Crippen LogP contribution in [0.25, 0.3) is 0 Å². The van der Waals surface area contributed by atoms with E-state index in [1.54, 1.807) is 0 Å². The van der Waals surface area contributed by atoms with Crippen LogP contribution in [0.1, 0.15) is 45.6 Å². The van der Waals surface area contributed by atoms with Crippen molar-refractivity contribution in [1.29, 1.82) is 0 Å². The third kappa shape index (κ3) is 2.87. The van der Waals surface area contributed by atoms with Crippen LogP contribution in [0.2, 0.25) is 0 Å². The molecule has 2 aromatic rings. The predicted octanol–water partition coefficient (Wildman–Crippen LogP) is 3.17. The molecule has 3 rings (SSSR count). The van der Waals surface area contributed by atoms with Gasteiger partial charge in [-0.05, 0) is 43.3 Å². The van der Waals surface area contributed by atoms with Gasteiger partial charge >= 0.3 is 5.97 Å². The lowest BCUT2D eigenvalue weighted by Crippen LogP contribution is -2.23. The maximum Gasteiger partial charge on any atom is 0.348 e. The molecule has 1 saturated heterocycles. The number of carbonyl (C=O) groups is 1. The van der Waals surface area contributed by atoms with Crippen molar-refractivity contribution in [3.8, 4) is 0 Å². The first kappa shape index (κ1) is 14.3. The maximum absolute atomic E-state index is 11.8. The first-order valence-electron chi connectivity index (χ1n) is 7.01. The summed E-state index contributed by atoms with van der Waals surface area (Å²) in [5, 5.41) is 6.08. The van der Waals surface area contributed by atoms with Crippen LogP contribution in [0.15, 0.2) is 22.0 Å². The molecule has 0 saturated carbocycles. The number of thiophene rings is 1. The molecule has 0 aliphatic carbocycles. The number of methoxy groups -OCH3 is 1. The first-order chi connectivity index (χ1) is 10.2. The Balaban J connectivity index is 1.78. The SMILES string of the molecule is COC(=O)c1sccc1CN1CCC[C@@H]1c1cc(C)on1. The van der Waals surface area contributed by atoms with Crippen molar-refractivity contribution >= 4 is 17.3 Å². The standard InChI is InChI=1S/C15H18N2O3S/c1-10-8-12(16-20-10)13-4-3-6-17(13)9-11-5-7-21-14(11)15(18)19-2/h5,7-8,13H,3-4,6,9H2,1-2H3/t13-/m1/s1. The third-order valence-corrected chi connectivity index (χ3v) is 4.78. The summed E-state index contributed by atoms with van der Waals surface area (Å²) < 4.78 is 10.0. The fourth-order valence-electron chi connectivity index (χ4n) is 2.84. The number of aromatic nitrogens is 1. The molecule has 21 heavy (non-hydrogen) atoms. The van der Waals surface area contributed by atoms with Gasteiger partial charge in [-0.2, -0.15) is 0 Å². The van der Waals surface area contributed by atoms with Gasteiger partial charge in [-0.15, -0.1) is 11.3 Å². The van der Waals surface area contributed by atoms with Crippen molar-refractivity contribution in [3.63, 3.8) is 0 Å². The van der Waals surface area contributed by atoms with E-state index in [2.05, 4.69) is 10.1 Å². The molecule has 1 aliphatic heterocycles. The second-order valence-electron chi connectivity index (χ2n) is 5.26. The molecule has 0 spiro atoms. The molecule has 6 heteroatoms. The van der Waals surface area contributed by atoms with Crippen molar-refractivity contribution in [2.45, 2.75) is 32.4 Å². The van der Waals surface area contributed by atoms with E-state index in [4.69, 9.17) is 9.26 Å². The molecule has 3 heterocycles. The summed E-state index contributed by atoms with van der Waals surface area (Å²) in [7, 11) is 1.42. The number of likely N-dealkylation sites (tertiary alicyclic amines) is 1.